The highest BCUT2D eigenvalue weighted by Crippen LogP contribution is 2.31. The molecule has 15 heavy (non-hydrogen) atoms. The molecule has 0 amide bonds. The van der Waals surface area contributed by atoms with Crippen molar-refractivity contribution in [2.45, 2.75) is 50.8 Å². The van der Waals surface area contributed by atoms with E-state index in [-0.39, 0.29) is 5.92 Å². The average molecular weight is 255 g/mol. The lowest BCUT2D eigenvalue weighted by Crippen LogP contribution is -2.27. The van der Waals surface area contributed by atoms with Crippen LogP contribution in [-0.4, -0.2) is 15.9 Å². The number of unbranched alkanes of at least 4 members (excludes halogenated alkanes) is 2. The summed E-state index contributed by atoms with van der Waals surface area (Å²) < 4.78 is 0. The molecule has 0 saturated heterocycles. The Morgan fingerprint density at radius 1 is 1.27 bits per heavy atom. The summed E-state index contributed by atoms with van der Waals surface area (Å²) in [6, 6.07) is 0. The summed E-state index contributed by atoms with van der Waals surface area (Å²) in [5, 5.41) is 9.03. The SMILES string of the molecule is CCCCCC(C(Cl)Cl)C(CC)C(=O)O. The second-order valence-corrected chi connectivity index (χ2v) is 5.01. The van der Waals surface area contributed by atoms with Gasteiger partial charge in [0.05, 0.1) is 5.92 Å². The lowest BCUT2D eigenvalue weighted by molar-refractivity contribution is -0.143. The fourth-order valence-corrected chi connectivity index (χ4v) is 2.40. The van der Waals surface area contributed by atoms with E-state index in [4.69, 9.17) is 28.3 Å². The van der Waals surface area contributed by atoms with Crippen LogP contribution in [-0.2, 0) is 4.79 Å². The van der Waals surface area contributed by atoms with Crippen molar-refractivity contribution in [2.24, 2.45) is 11.8 Å². The molecule has 4 heteroatoms. The Balaban J connectivity index is 4.28. The zero-order valence-electron chi connectivity index (χ0n) is 9.38. The van der Waals surface area contributed by atoms with Crippen LogP contribution in [0, 0.1) is 11.8 Å². The van der Waals surface area contributed by atoms with Gasteiger partial charge in [-0.05, 0) is 12.8 Å². The minimum atomic E-state index is -0.787. The van der Waals surface area contributed by atoms with Gasteiger partial charge in [-0.3, -0.25) is 4.79 Å². The largest absolute Gasteiger partial charge is 0.481 e. The zero-order valence-corrected chi connectivity index (χ0v) is 10.9. The molecule has 0 fully saturated rings. The van der Waals surface area contributed by atoms with Crippen molar-refractivity contribution in [1.82, 2.24) is 0 Å². The van der Waals surface area contributed by atoms with E-state index in [2.05, 4.69) is 6.92 Å². The van der Waals surface area contributed by atoms with Crippen LogP contribution in [0.5, 0.6) is 0 Å². The second kappa shape index (κ2) is 8.23. The molecular weight excluding hydrogens is 235 g/mol. The number of carbonyl (C=O) groups is 1. The van der Waals surface area contributed by atoms with Crippen LogP contribution in [0.4, 0.5) is 0 Å². The molecule has 0 aliphatic rings. The van der Waals surface area contributed by atoms with E-state index < -0.39 is 16.7 Å². The standard InChI is InChI=1S/C11H20Cl2O2/c1-3-5-6-7-9(10(12)13)8(4-2)11(14)15/h8-10H,3-7H2,1-2H3,(H,14,15). The number of carboxylic acids is 1. The molecule has 0 aromatic carbocycles. The Bertz CT molecular complexity index is 183. The number of alkyl halides is 2. The molecule has 1 N–H and O–H groups in total. The number of rotatable bonds is 8. The highest BCUT2D eigenvalue weighted by molar-refractivity contribution is 6.44. The maximum Gasteiger partial charge on any atom is 0.306 e. The molecule has 2 atom stereocenters. The Kier molecular flexibility index (Phi) is 8.26. The summed E-state index contributed by atoms with van der Waals surface area (Å²) in [7, 11) is 0. The number of hydrogen-bond donors (Lipinski definition) is 1. The van der Waals surface area contributed by atoms with E-state index in [0.29, 0.717) is 6.42 Å². The van der Waals surface area contributed by atoms with Crippen molar-refractivity contribution in [2.75, 3.05) is 0 Å². The van der Waals surface area contributed by atoms with Crippen molar-refractivity contribution >= 4 is 29.2 Å². The molecule has 0 spiro atoms. The molecule has 0 radical (unpaired) electrons. The molecule has 0 aliphatic heterocycles. The third-order valence-electron chi connectivity index (χ3n) is 2.74. The molecule has 0 saturated carbocycles. The van der Waals surface area contributed by atoms with E-state index in [1.165, 1.54) is 0 Å². The van der Waals surface area contributed by atoms with Gasteiger partial charge in [-0.1, -0.05) is 33.1 Å². The number of hydrogen-bond acceptors (Lipinski definition) is 1. The summed E-state index contributed by atoms with van der Waals surface area (Å²) in [5.41, 5.74) is 0. The first-order valence-electron chi connectivity index (χ1n) is 5.55. The van der Waals surface area contributed by atoms with E-state index in [9.17, 15) is 4.79 Å². The normalized spacial score (nSPS) is 15.3. The quantitative estimate of drug-likeness (QED) is 0.523. The predicted octanol–water partition coefficient (Wildman–Crippen LogP) is 4.10. The highest BCUT2D eigenvalue weighted by Gasteiger charge is 2.30. The Labute approximate surface area is 102 Å². The first kappa shape index (κ1) is 15.0. The Morgan fingerprint density at radius 3 is 2.20 bits per heavy atom. The predicted molar refractivity (Wildman–Crippen MR) is 64.5 cm³/mol. The van der Waals surface area contributed by atoms with Gasteiger partial charge in [0.2, 0.25) is 0 Å². The van der Waals surface area contributed by atoms with Gasteiger partial charge in [0.1, 0.15) is 4.84 Å². The molecule has 0 aliphatic carbocycles. The minimum absolute atomic E-state index is 0.123. The first-order chi connectivity index (χ1) is 7.04. The van der Waals surface area contributed by atoms with Gasteiger partial charge in [-0.2, -0.15) is 0 Å². The van der Waals surface area contributed by atoms with Gasteiger partial charge >= 0.3 is 5.97 Å². The van der Waals surface area contributed by atoms with Crippen LogP contribution in [0.3, 0.4) is 0 Å². The molecule has 90 valence electrons. The number of carboxylic acid groups (broad SMARTS) is 1. The smallest absolute Gasteiger partial charge is 0.306 e. The topological polar surface area (TPSA) is 37.3 Å². The molecule has 0 bridgehead atoms. The molecular formula is C11H20Cl2O2. The van der Waals surface area contributed by atoms with Crippen LogP contribution < -0.4 is 0 Å². The van der Waals surface area contributed by atoms with Crippen LogP contribution in [0.2, 0.25) is 0 Å². The van der Waals surface area contributed by atoms with Crippen molar-refractivity contribution in [3.8, 4) is 0 Å². The van der Waals surface area contributed by atoms with Gasteiger partial charge in [0.15, 0.2) is 0 Å². The average Bonchev–Trinajstić information content (AvgIpc) is 2.16. The summed E-state index contributed by atoms with van der Waals surface area (Å²) in [6.45, 7) is 3.98. The fraction of sp³-hybridized carbons (Fsp3) is 0.909. The van der Waals surface area contributed by atoms with Crippen molar-refractivity contribution in [3.63, 3.8) is 0 Å². The van der Waals surface area contributed by atoms with E-state index >= 15 is 0 Å². The zero-order chi connectivity index (χ0) is 11.8. The van der Waals surface area contributed by atoms with Crippen LogP contribution in [0.1, 0.15) is 46.0 Å². The number of halogens is 2. The molecule has 0 heterocycles. The number of aliphatic carboxylic acids is 1. The minimum Gasteiger partial charge on any atom is -0.481 e. The van der Waals surface area contributed by atoms with Crippen molar-refractivity contribution < 1.29 is 9.90 Å². The molecule has 2 nitrogen and oxygen atoms in total. The third kappa shape index (κ3) is 5.62. The summed E-state index contributed by atoms with van der Waals surface area (Å²) >= 11 is 11.7. The monoisotopic (exact) mass is 254 g/mol. The van der Waals surface area contributed by atoms with E-state index in [0.717, 1.165) is 25.7 Å². The van der Waals surface area contributed by atoms with Crippen molar-refractivity contribution in [3.05, 3.63) is 0 Å². The summed E-state index contributed by atoms with van der Waals surface area (Å²) in [6.07, 6.45) is 4.61. The second-order valence-electron chi connectivity index (χ2n) is 3.85. The molecule has 2 unspecified atom stereocenters. The van der Waals surface area contributed by atoms with Crippen LogP contribution >= 0.6 is 23.2 Å². The maximum atomic E-state index is 11.0. The van der Waals surface area contributed by atoms with Gasteiger partial charge in [-0.15, -0.1) is 23.2 Å². The van der Waals surface area contributed by atoms with Gasteiger partial charge in [0.25, 0.3) is 0 Å². The Morgan fingerprint density at radius 2 is 1.87 bits per heavy atom. The highest BCUT2D eigenvalue weighted by atomic mass is 35.5. The lowest BCUT2D eigenvalue weighted by Gasteiger charge is -2.23. The van der Waals surface area contributed by atoms with Gasteiger partial charge in [0, 0.05) is 5.92 Å². The third-order valence-corrected chi connectivity index (χ3v) is 3.39. The van der Waals surface area contributed by atoms with Gasteiger partial charge in [-0.25, -0.2) is 0 Å². The van der Waals surface area contributed by atoms with E-state index in [1.54, 1.807) is 0 Å². The Hall–Kier alpha value is 0.0500. The summed E-state index contributed by atoms with van der Waals surface area (Å²) in [4.78, 5) is 10.4. The fourth-order valence-electron chi connectivity index (χ4n) is 1.79. The summed E-state index contributed by atoms with van der Waals surface area (Å²) in [5.74, 6) is -1.32. The lowest BCUT2D eigenvalue weighted by atomic mass is 9.87. The maximum absolute atomic E-state index is 11.0. The van der Waals surface area contributed by atoms with Crippen LogP contribution in [0.25, 0.3) is 0 Å². The van der Waals surface area contributed by atoms with Gasteiger partial charge < -0.3 is 5.11 Å². The molecule has 0 rings (SSSR count). The molecule has 0 aromatic rings. The van der Waals surface area contributed by atoms with E-state index in [1.807, 2.05) is 6.92 Å². The van der Waals surface area contributed by atoms with Crippen molar-refractivity contribution in [1.29, 1.82) is 0 Å². The molecule has 0 aromatic heterocycles. The van der Waals surface area contributed by atoms with Crippen LogP contribution in [0.15, 0.2) is 0 Å². The first-order valence-corrected chi connectivity index (χ1v) is 6.42.